The van der Waals surface area contributed by atoms with E-state index < -0.39 is 17.4 Å². The zero-order valence-corrected chi connectivity index (χ0v) is 9.45. The van der Waals surface area contributed by atoms with Crippen LogP contribution in [0.3, 0.4) is 0 Å². The maximum absolute atomic E-state index is 8.68. The quantitative estimate of drug-likeness (QED) is 0.436. The molecule has 0 unspecified atom stereocenters. The SMILES string of the molecule is C[Si](C)(CCCN)O[Si](O)(O)O. The van der Waals surface area contributed by atoms with Crippen LogP contribution in [0.25, 0.3) is 0 Å². The molecular formula is C5H17NO4Si2. The zero-order valence-electron chi connectivity index (χ0n) is 7.45. The molecule has 0 aliphatic carbocycles. The molecule has 0 atom stereocenters. The van der Waals surface area contributed by atoms with Crippen LogP contribution >= 0.6 is 0 Å². The minimum atomic E-state index is -4.32. The Labute approximate surface area is 74.4 Å². The molecule has 74 valence electrons. The minimum absolute atomic E-state index is 0.552. The second-order valence-electron chi connectivity index (χ2n) is 3.33. The Morgan fingerprint density at radius 2 is 1.75 bits per heavy atom. The lowest BCUT2D eigenvalue weighted by atomic mass is 10.5. The van der Waals surface area contributed by atoms with Gasteiger partial charge in [0.1, 0.15) is 0 Å². The van der Waals surface area contributed by atoms with Crippen molar-refractivity contribution >= 4 is 17.4 Å². The molecule has 0 aromatic heterocycles. The standard InChI is InChI=1S/C5H17NO4Si2/c1-11(2,5-3-4-6)10-12(7,8)9/h7-9H,3-6H2,1-2H3. The molecule has 0 aromatic carbocycles. The molecule has 0 saturated heterocycles. The van der Waals surface area contributed by atoms with E-state index in [0.717, 1.165) is 12.5 Å². The van der Waals surface area contributed by atoms with E-state index in [9.17, 15) is 0 Å². The summed E-state index contributed by atoms with van der Waals surface area (Å²) in [4.78, 5) is 26.1. The first kappa shape index (κ1) is 12.2. The second kappa shape index (κ2) is 4.46. The van der Waals surface area contributed by atoms with E-state index in [0.29, 0.717) is 6.54 Å². The first-order valence-corrected chi connectivity index (χ1v) is 8.71. The van der Waals surface area contributed by atoms with Crippen molar-refractivity contribution in [3.8, 4) is 0 Å². The second-order valence-corrected chi connectivity index (χ2v) is 9.31. The molecule has 0 spiro atoms. The lowest BCUT2D eigenvalue weighted by Gasteiger charge is -2.25. The van der Waals surface area contributed by atoms with Crippen molar-refractivity contribution in [1.29, 1.82) is 0 Å². The number of nitrogens with two attached hydrogens (primary N) is 1. The summed E-state index contributed by atoms with van der Waals surface area (Å²) in [5.41, 5.74) is 5.29. The van der Waals surface area contributed by atoms with Crippen molar-refractivity contribution in [3.63, 3.8) is 0 Å². The normalized spacial score (nSPS) is 13.5. The Hall–Kier alpha value is 0.234. The van der Waals surface area contributed by atoms with E-state index in [1.807, 2.05) is 13.1 Å². The highest BCUT2D eigenvalue weighted by molar-refractivity contribution is 6.78. The highest BCUT2D eigenvalue weighted by Gasteiger charge is 2.39. The molecule has 0 heterocycles. The molecule has 0 aromatic rings. The Morgan fingerprint density at radius 1 is 1.25 bits per heavy atom. The highest BCUT2D eigenvalue weighted by Crippen LogP contribution is 2.15. The fraction of sp³-hybridized carbons (Fsp3) is 1.00. The first-order chi connectivity index (χ1) is 5.27. The monoisotopic (exact) mass is 211 g/mol. The largest absolute Gasteiger partial charge is 0.660 e. The topological polar surface area (TPSA) is 95.9 Å². The molecule has 0 rings (SSSR count). The minimum Gasteiger partial charge on any atom is -0.394 e. The molecule has 0 aliphatic rings. The number of rotatable bonds is 5. The smallest absolute Gasteiger partial charge is 0.394 e. The van der Waals surface area contributed by atoms with Gasteiger partial charge in [-0.3, -0.25) is 0 Å². The first-order valence-electron chi connectivity index (χ1n) is 3.84. The predicted octanol–water partition coefficient (Wildman–Crippen LogP) is -1.03. The predicted molar refractivity (Wildman–Crippen MR) is 49.5 cm³/mol. The van der Waals surface area contributed by atoms with Crippen molar-refractivity contribution in [2.24, 2.45) is 5.73 Å². The number of hydrogen-bond donors (Lipinski definition) is 4. The van der Waals surface area contributed by atoms with Crippen molar-refractivity contribution in [3.05, 3.63) is 0 Å². The van der Waals surface area contributed by atoms with E-state index in [4.69, 9.17) is 24.2 Å². The van der Waals surface area contributed by atoms with Gasteiger partial charge in [-0.25, -0.2) is 0 Å². The van der Waals surface area contributed by atoms with Gasteiger partial charge < -0.3 is 24.2 Å². The molecule has 0 amide bonds. The van der Waals surface area contributed by atoms with E-state index in [1.165, 1.54) is 0 Å². The van der Waals surface area contributed by atoms with Gasteiger partial charge in [-0.1, -0.05) is 0 Å². The summed E-state index contributed by atoms with van der Waals surface area (Å²) in [6, 6.07) is 0.722. The summed E-state index contributed by atoms with van der Waals surface area (Å²) in [6.45, 7) is 4.18. The lowest BCUT2D eigenvalue weighted by molar-refractivity contribution is 0.124. The third-order valence-corrected chi connectivity index (χ3v) is 6.26. The molecule has 0 bridgehead atoms. The van der Waals surface area contributed by atoms with Crippen molar-refractivity contribution in [1.82, 2.24) is 0 Å². The van der Waals surface area contributed by atoms with Gasteiger partial charge in [0.05, 0.1) is 0 Å². The van der Waals surface area contributed by atoms with Gasteiger partial charge in [0.2, 0.25) is 0 Å². The van der Waals surface area contributed by atoms with Crippen LogP contribution in [0.2, 0.25) is 19.1 Å². The van der Waals surface area contributed by atoms with Crippen molar-refractivity contribution in [2.45, 2.75) is 25.6 Å². The highest BCUT2D eigenvalue weighted by atomic mass is 28.5. The summed E-state index contributed by atoms with van der Waals surface area (Å²) in [6.07, 6.45) is 0.781. The summed E-state index contributed by atoms with van der Waals surface area (Å²) in [5.74, 6) is 0. The molecule has 5 N–H and O–H groups in total. The van der Waals surface area contributed by atoms with Crippen LogP contribution in [0.4, 0.5) is 0 Å². The Balaban J connectivity index is 3.86. The van der Waals surface area contributed by atoms with Gasteiger partial charge in [0, 0.05) is 0 Å². The van der Waals surface area contributed by atoms with Crippen LogP contribution in [0.15, 0.2) is 0 Å². The molecule has 12 heavy (non-hydrogen) atoms. The molecule has 0 saturated carbocycles. The molecule has 5 nitrogen and oxygen atoms in total. The molecule has 0 aliphatic heterocycles. The number of hydrogen-bond acceptors (Lipinski definition) is 5. The van der Waals surface area contributed by atoms with Gasteiger partial charge in [-0.05, 0) is 32.1 Å². The van der Waals surface area contributed by atoms with Gasteiger partial charge in [0.25, 0.3) is 0 Å². The zero-order chi connectivity index (χ0) is 9.83. The van der Waals surface area contributed by atoms with E-state index in [-0.39, 0.29) is 0 Å². The fourth-order valence-electron chi connectivity index (χ4n) is 0.950. The lowest BCUT2D eigenvalue weighted by Crippen LogP contribution is -2.49. The van der Waals surface area contributed by atoms with Crippen LogP contribution < -0.4 is 5.73 Å². The average Bonchev–Trinajstić information content (AvgIpc) is 1.78. The van der Waals surface area contributed by atoms with Gasteiger partial charge in [0.15, 0.2) is 8.32 Å². The molecule has 7 heteroatoms. The van der Waals surface area contributed by atoms with Gasteiger partial charge in [-0.2, -0.15) is 0 Å². The van der Waals surface area contributed by atoms with E-state index in [2.05, 4.69) is 0 Å². The van der Waals surface area contributed by atoms with Gasteiger partial charge >= 0.3 is 9.05 Å². The third-order valence-electron chi connectivity index (χ3n) is 1.40. The maximum atomic E-state index is 8.68. The summed E-state index contributed by atoms with van der Waals surface area (Å²) >= 11 is 0. The Bertz CT molecular complexity index is 136. The van der Waals surface area contributed by atoms with E-state index >= 15 is 0 Å². The molecule has 0 radical (unpaired) electrons. The van der Waals surface area contributed by atoms with Crippen LogP contribution in [-0.2, 0) is 4.12 Å². The van der Waals surface area contributed by atoms with Crippen LogP contribution in [0.5, 0.6) is 0 Å². The maximum Gasteiger partial charge on any atom is 0.660 e. The van der Waals surface area contributed by atoms with Crippen LogP contribution in [0, 0.1) is 0 Å². The van der Waals surface area contributed by atoms with E-state index in [1.54, 1.807) is 0 Å². The summed E-state index contributed by atoms with van der Waals surface area (Å²) in [7, 11) is -6.45. The van der Waals surface area contributed by atoms with Crippen LogP contribution in [0.1, 0.15) is 6.42 Å². The summed E-state index contributed by atoms with van der Waals surface area (Å²) < 4.78 is 4.82. The average molecular weight is 211 g/mol. The fourth-order valence-corrected chi connectivity index (χ4v) is 5.38. The Morgan fingerprint density at radius 3 is 2.08 bits per heavy atom. The van der Waals surface area contributed by atoms with Crippen molar-refractivity contribution < 1.29 is 18.5 Å². The molecule has 0 fully saturated rings. The summed E-state index contributed by atoms with van der Waals surface area (Å²) in [5, 5.41) is 0. The van der Waals surface area contributed by atoms with Gasteiger partial charge in [-0.15, -0.1) is 0 Å². The third kappa shape index (κ3) is 6.91. The van der Waals surface area contributed by atoms with Crippen LogP contribution in [-0.4, -0.2) is 38.3 Å². The molecular weight excluding hydrogens is 194 g/mol. The Kier molecular flexibility index (Phi) is 4.55. The van der Waals surface area contributed by atoms with Crippen molar-refractivity contribution in [2.75, 3.05) is 6.54 Å².